The van der Waals surface area contributed by atoms with Crippen LogP contribution in [0.15, 0.2) is 0 Å². The van der Waals surface area contributed by atoms with Crippen molar-refractivity contribution >= 4 is 30.3 Å². The van der Waals surface area contributed by atoms with E-state index in [0.717, 1.165) is 0 Å². The fraction of sp³-hybridized carbons (Fsp3) is 0.667. The molecule has 1 unspecified atom stereocenters. The van der Waals surface area contributed by atoms with E-state index in [0.29, 0.717) is 4.67 Å². The molecule has 1 saturated heterocycles. The maximum Gasteiger partial charge on any atom is 0.329 e. The normalized spacial score (nSPS) is 22.6. The lowest BCUT2D eigenvalue weighted by Crippen LogP contribution is -2.36. The number of esters is 1. The number of ether oxygens (including phenoxy) is 1. The summed E-state index contributed by atoms with van der Waals surface area (Å²) in [4.78, 5) is 40.7. The van der Waals surface area contributed by atoms with Crippen molar-refractivity contribution in [3.8, 4) is 0 Å². The summed E-state index contributed by atoms with van der Waals surface area (Å²) in [7, 11) is 1.17. The number of hydrogen-bond acceptors (Lipinski definition) is 4. The van der Waals surface area contributed by atoms with E-state index in [1.54, 1.807) is 0 Å². The molecule has 1 heterocycles. The van der Waals surface area contributed by atoms with E-state index in [1.807, 2.05) is 0 Å². The predicted octanol–water partition coefficient (Wildman–Crippen LogP) is -0.641. The average molecular weight is 239 g/mol. The Balaban J connectivity index is 2.94. The van der Waals surface area contributed by atoms with Gasteiger partial charge in [0.05, 0.1) is 7.11 Å². The first kappa shape index (κ1) is 11.6. The summed E-state index contributed by atoms with van der Waals surface area (Å²) in [6.45, 7) is -3.88. The average Bonchev–Trinajstić information content (AvgIpc) is 2.44. The van der Waals surface area contributed by atoms with Crippen molar-refractivity contribution in [3.63, 3.8) is 0 Å². The smallest absolute Gasteiger partial charge is 0.329 e. The fourth-order valence-electron chi connectivity index (χ4n) is 1.35. The minimum absolute atomic E-state index is 0.0826. The van der Waals surface area contributed by atoms with Gasteiger partial charge in [-0.25, -0.2) is 4.79 Å². The molecule has 2 N–H and O–H groups in total. The molecular weight excluding hydrogens is 229 g/mol. The van der Waals surface area contributed by atoms with Gasteiger partial charge in [0.2, 0.25) is 5.91 Å². The Labute approximate surface area is 85.7 Å². The number of hydrogen-bond donors (Lipinski definition) is 2. The highest BCUT2D eigenvalue weighted by molar-refractivity contribution is 8.08. The summed E-state index contributed by atoms with van der Waals surface area (Å²) in [5, 5.41) is 0. The Morgan fingerprint density at radius 2 is 2.29 bits per heavy atom. The second kappa shape index (κ2) is 3.94. The highest BCUT2D eigenvalue weighted by Gasteiger charge is 2.43. The first-order valence-electron chi connectivity index (χ1n) is 3.84. The van der Waals surface area contributed by atoms with Crippen LogP contribution in [0.3, 0.4) is 0 Å². The third-order valence-corrected chi connectivity index (χ3v) is 3.53. The minimum atomic E-state index is -3.88. The van der Waals surface area contributed by atoms with Crippen LogP contribution >= 0.6 is 6.64 Å². The van der Waals surface area contributed by atoms with Gasteiger partial charge < -0.3 is 14.5 Å². The third kappa shape index (κ3) is 2.12. The van der Waals surface area contributed by atoms with Crippen molar-refractivity contribution < 1.29 is 24.1 Å². The van der Waals surface area contributed by atoms with Gasteiger partial charge in [0, 0.05) is 6.42 Å². The second-order valence-corrected chi connectivity index (χ2v) is 5.76. The summed E-state index contributed by atoms with van der Waals surface area (Å²) in [6.07, 6.45) is 0.296. The van der Waals surface area contributed by atoms with Gasteiger partial charge in [0.1, 0.15) is 6.04 Å². The quantitative estimate of drug-likeness (QED) is 0.492. The number of rotatable bonds is 2. The summed E-state index contributed by atoms with van der Waals surface area (Å²) in [5.41, 5.74) is 0. The van der Waals surface area contributed by atoms with E-state index >= 15 is 0 Å². The second-order valence-electron chi connectivity index (χ2n) is 2.83. The fourth-order valence-corrected chi connectivity index (χ4v) is 2.93. The van der Waals surface area contributed by atoms with Crippen LogP contribution in [0.25, 0.3) is 0 Å². The van der Waals surface area contributed by atoms with Crippen molar-refractivity contribution in [2.24, 2.45) is 0 Å². The number of methoxy groups -OCH3 is 1. The summed E-state index contributed by atoms with van der Waals surface area (Å²) >= 11 is 4.39. The van der Waals surface area contributed by atoms with Gasteiger partial charge in [-0.3, -0.25) is 9.46 Å². The number of carbonyl (C=O) groups is 2. The third-order valence-electron chi connectivity index (χ3n) is 1.94. The van der Waals surface area contributed by atoms with Crippen LogP contribution in [-0.2, 0) is 26.1 Å². The zero-order valence-electron chi connectivity index (χ0n) is 7.41. The highest BCUT2D eigenvalue weighted by atomic mass is 32.5. The SMILES string of the molecule is COC(=O)C1CCC(=O)N1P(O)(O)=S. The summed E-state index contributed by atoms with van der Waals surface area (Å²) in [6, 6.07) is -0.951. The molecule has 0 saturated carbocycles. The molecule has 1 rings (SSSR count). The van der Waals surface area contributed by atoms with Crippen molar-refractivity contribution in [1.29, 1.82) is 0 Å². The molecule has 80 valence electrons. The van der Waals surface area contributed by atoms with Gasteiger partial charge in [-0.2, -0.15) is 0 Å². The van der Waals surface area contributed by atoms with Crippen LogP contribution in [0.4, 0.5) is 0 Å². The van der Waals surface area contributed by atoms with Gasteiger partial charge in [-0.05, 0) is 18.2 Å². The molecule has 0 aliphatic carbocycles. The van der Waals surface area contributed by atoms with Crippen LogP contribution in [0.2, 0.25) is 0 Å². The molecule has 0 spiro atoms. The monoisotopic (exact) mass is 239 g/mol. The zero-order valence-corrected chi connectivity index (χ0v) is 9.12. The van der Waals surface area contributed by atoms with Crippen LogP contribution in [0.1, 0.15) is 12.8 Å². The first-order valence-corrected chi connectivity index (χ1v) is 6.50. The molecule has 0 aromatic rings. The molecule has 1 aliphatic rings. The lowest BCUT2D eigenvalue weighted by Gasteiger charge is -2.25. The molecular formula is C6H10NO5PS. The van der Waals surface area contributed by atoms with Crippen LogP contribution in [0, 0.1) is 0 Å². The van der Waals surface area contributed by atoms with Crippen molar-refractivity contribution in [2.45, 2.75) is 18.9 Å². The Morgan fingerprint density at radius 3 is 2.71 bits per heavy atom. The Kier molecular flexibility index (Phi) is 3.26. The molecule has 1 aliphatic heterocycles. The van der Waals surface area contributed by atoms with E-state index < -0.39 is 24.6 Å². The molecule has 1 atom stereocenters. The largest absolute Gasteiger partial charge is 0.467 e. The summed E-state index contributed by atoms with van der Waals surface area (Å²) < 4.78 is 5.09. The van der Waals surface area contributed by atoms with Crippen LogP contribution in [-0.4, -0.2) is 39.5 Å². The van der Waals surface area contributed by atoms with Crippen molar-refractivity contribution in [1.82, 2.24) is 4.67 Å². The zero-order chi connectivity index (χ0) is 10.9. The standard InChI is InChI=1S/C6H10NO5PS/c1-12-6(9)4-2-3-5(8)7(4)13(10,11)14/h4H,2-3H2,1H3,(H2,10,11,14). The van der Waals surface area contributed by atoms with E-state index in [-0.39, 0.29) is 12.8 Å². The van der Waals surface area contributed by atoms with Gasteiger partial charge in [0.25, 0.3) is 6.64 Å². The van der Waals surface area contributed by atoms with Gasteiger partial charge >= 0.3 is 5.97 Å². The van der Waals surface area contributed by atoms with Gasteiger partial charge in [0.15, 0.2) is 0 Å². The summed E-state index contributed by atoms with van der Waals surface area (Å²) in [5.74, 6) is -1.19. The maximum atomic E-state index is 11.2. The molecule has 0 aromatic carbocycles. The molecule has 1 amide bonds. The highest BCUT2D eigenvalue weighted by Crippen LogP contribution is 2.46. The van der Waals surface area contributed by atoms with Crippen molar-refractivity contribution in [3.05, 3.63) is 0 Å². The number of nitrogens with zero attached hydrogens (tertiary/aromatic N) is 1. The van der Waals surface area contributed by atoms with Crippen molar-refractivity contribution in [2.75, 3.05) is 7.11 Å². The topological polar surface area (TPSA) is 87.1 Å². The maximum absolute atomic E-state index is 11.2. The Bertz CT molecular complexity index is 313. The Hall–Kier alpha value is -0.490. The van der Waals surface area contributed by atoms with Gasteiger partial charge in [-0.1, -0.05) is 0 Å². The molecule has 1 fully saturated rings. The lowest BCUT2D eigenvalue weighted by atomic mass is 10.2. The van der Waals surface area contributed by atoms with Crippen LogP contribution in [0.5, 0.6) is 0 Å². The molecule has 0 bridgehead atoms. The molecule has 6 nitrogen and oxygen atoms in total. The molecule has 0 radical (unpaired) electrons. The van der Waals surface area contributed by atoms with E-state index in [4.69, 9.17) is 0 Å². The number of carbonyl (C=O) groups excluding carboxylic acids is 2. The van der Waals surface area contributed by atoms with E-state index in [2.05, 4.69) is 16.5 Å². The lowest BCUT2D eigenvalue weighted by molar-refractivity contribution is -0.146. The molecule has 8 heteroatoms. The predicted molar refractivity (Wildman–Crippen MR) is 50.6 cm³/mol. The van der Waals surface area contributed by atoms with Gasteiger partial charge in [-0.15, -0.1) is 0 Å². The Morgan fingerprint density at radius 1 is 1.71 bits per heavy atom. The molecule has 14 heavy (non-hydrogen) atoms. The van der Waals surface area contributed by atoms with Crippen LogP contribution < -0.4 is 0 Å². The molecule has 0 aromatic heterocycles. The minimum Gasteiger partial charge on any atom is -0.467 e. The first-order chi connectivity index (χ1) is 6.38. The van der Waals surface area contributed by atoms with E-state index in [9.17, 15) is 19.4 Å². The number of amides is 1. The van der Waals surface area contributed by atoms with E-state index in [1.165, 1.54) is 7.11 Å².